The molecule has 2 N–H and O–H groups in total. The summed E-state index contributed by atoms with van der Waals surface area (Å²) in [6.45, 7) is 3.28. The normalized spacial score (nSPS) is 11.2. The Balaban J connectivity index is 2.80. The van der Waals surface area contributed by atoms with E-state index in [2.05, 4.69) is 32.4 Å². The van der Waals surface area contributed by atoms with E-state index in [9.17, 15) is 0 Å². The van der Waals surface area contributed by atoms with Gasteiger partial charge in [0.15, 0.2) is 5.84 Å². The Kier molecular flexibility index (Phi) is 2.37. The van der Waals surface area contributed by atoms with Gasteiger partial charge in [0, 0.05) is 20.0 Å². The number of hydrogen-bond acceptors (Lipinski definition) is 3. The Morgan fingerprint density at radius 3 is 3.09 bits per heavy atom. The Hall–Kier alpha value is -1.65. The van der Waals surface area contributed by atoms with Crippen LogP contribution in [0.5, 0.6) is 0 Å². The molecule has 58 valence electrons. The molecule has 1 aromatic rings. The number of aromatic amines is 1. The van der Waals surface area contributed by atoms with E-state index in [0.717, 1.165) is 5.69 Å². The van der Waals surface area contributed by atoms with Crippen LogP contribution in [0.25, 0.3) is 0 Å². The fourth-order valence-electron chi connectivity index (χ4n) is 0.693. The van der Waals surface area contributed by atoms with Crippen LogP contribution in [0, 0.1) is 0 Å². The summed E-state index contributed by atoms with van der Waals surface area (Å²) >= 11 is 0. The molecule has 0 saturated carbocycles. The summed E-state index contributed by atoms with van der Waals surface area (Å²) in [6.07, 6.45) is 1.64. The SMILES string of the molecule is C=NNC(=NC)c1ccn[nH]1. The van der Waals surface area contributed by atoms with Crippen molar-refractivity contribution in [2.24, 2.45) is 10.1 Å². The van der Waals surface area contributed by atoms with Crippen LogP contribution in [-0.4, -0.2) is 29.8 Å². The third-order valence-electron chi connectivity index (χ3n) is 1.16. The first-order valence-corrected chi connectivity index (χ1v) is 3.06. The van der Waals surface area contributed by atoms with Crippen LogP contribution in [0.3, 0.4) is 0 Å². The van der Waals surface area contributed by atoms with Crippen molar-refractivity contribution in [1.82, 2.24) is 15.6 Å². The molecule has 1 aromatic heterocycles. The molecule has 1 rings (SSSR count). The zero-order chi connectivity index (χ0) is 8.10. The van der Waals surface area contributed by atoms with Gasteiger partial charge in [-0.3, -0.25) is 15.5 Å². The Morgan fingerprint density at radius 1 is 1.82 bits per heavy atom. The largest absolute Gasteiger partial charge is 0.275 e. The second kappa shape index (κ2) is 3.50. The molecule has 0 aliphatic heterocycles. The van der Waals surface area contributed by atoms with Crippen molar-refractivity contribution in [2.75, 3.05) is 7.05 Å². The molecule has 0 bridgehead atoms. The van der Waals surface area contributed by atoms with E-state index in [1.54, 1.807) is 19.3 Å². The van der Waals surface area contributed by atoms with Crippen molar-refractivity contribution in [2.45, 2.75) is 0 Å². The molecule has 11 heavy (non-hydrogen) atoms. The summed E-state index contributed by atoms with van der Waals surface area (Å²) in [6, 6.07) is 1.79. The molecule has 0 fully saturated rings. The van der Waals surface area contributed by atoms with Gasteiger partial charge in [0.25, 0.3) is 0 Å². The number of rotatable bonds is 2. The van der Waals surface area contributed by atoms with Gasteiger partial charge < -0.3 is 0 Å². The van der Waals surface area contributed by atoms with Crippen molar-refractivity contribution in [3.05, 3.63) is 18.0 Å². The standard InChI is InChI=1S/C6H9N5/c1-7-6(11-8-2)5-3-4-9-10-5/h3-4H,2H2,1H3,(H,7,11)(H,9,10). The average molecular weight is 151 g/mol. The van der Waals surface area contributed by atoms with Gasteiger partial charge in [-0.25, -0.2) is 0 Å². The Bertz CT molecular complexity index is 248. The molecule has 0 saturated heterocycles. The van der Waals surface area contributed by atoms with Crippen LogP contribution in [0.1, 0.15) is 5.69 Å². The van der Waals surface area contributed by atoms with Crippen molar-refractivity contribution in [3.8, 4) is 0 Å². The van der Waals surface area contributed by atoms with Gasteiger partial charge in [-0.15, -0.1) is 0 Å². The minimum atomic E-state index is 0.623. The smallest absolute Gasteiger partial charge is 0.166 e. The van der Waals surface area contributed by atoms with Gasteiger partial charge in [0.05, 0.1) is 0 Å². The number of aromatic nitrogens is 2. The van der Waals surface area contributed by atoms with Gasteiger partial charge in [0.2, 0.25) is 0 Å². The molecule has 0 spiro atoms. The first-order chi connectivity index (χ1) is 5.38. The molecule has 0 aromatic carbocycles. The van der Waals surface area contributed by atoms with Crippen LogP contribution in [0.4, 0.5) is 0 Å². The number of amidine groups is 1. The molecule has 1 heterocycles. The zero-order valence-electron chi connectivity index (χ0n) is 6.20. The average Bonchev–Trinajstić information content (AvgIpc) is 2.52. The third kappa shape index (κ3) is 1.64. The topological polar surface area (TPSA) is 65.4 Å². The number of hydrazone groups is 1. The number of nitrogens with one attached hydrogen (secondary N) is 2. The highest BCUT2D eigenvalue weighted by molar-refractivity contribution is 5.96. The lowest BCUT2D eigenvalue weighted by Crippen LogP contribution is -2.18. The van der Waals surface area contributed by atoms with Gasteiger partial charge in [-0.2, -0.15) is 10.2 Å². The second-order valence-corrected chi connectivity index (χ2v) is 1.81. The highest BCUT2D eigenvalue weighted by Gasteiger charge is 1.99. The molecular weight excluding hydrogens is 142 g/mol. The fourth-order valence-corrected chi connectivity index (χ4v) is 0.693. The first-order valence-electron chi connectivity index (χ1n) is 3.06. The van der Waals surface area contributed by atoms with Crippen molar-refractivity contribution in [1.29, 1.82) is 0 Å². The maximum atomic E-state index is 3.92. The zero-order valence-corrected chi connectivity index (χ0v) is 6.20. The van der Waals surface area contributed by atoms with E-state index < -0.39 is 0 Å². The quantitative estimate of drug-likeness (QED) is 0.354. The number of hydrogen-bond donors (Lipinski definition) is 2. The van der Waals surface area contributed by atoms with Crippen LogP contribution in [-0.2, 0) is 0 Å². The maximum absolute atomic E-state index is 3.92. The summed E-state index contributed by atoms with van der Waals surface area (Å²) in [4.78, 5) is 3.92. The maximum Gasteiger partial charge on any atom is 0.166 e. The van der Waals surface area contributed by atoms with Crippen LogP contribution in [0.2, 0.25) is 0 Å². The van der Waals surface area contributed by atoms with E-state index in [-0.39, 0.29) is 0 Å². The monoisotopic (exact) mass is 151 g/mol. The molecule has 5 nitrogen and oxygen atoms in total. The molecule has 0 aliphatic carbocycles. The van der Waals surface area contributed by atoms with E-state index in [0.29, 0.717) is 5.84 Å². The summed E-state index contributed by atoms with van der Waals surface area (Å²) < 4.78 is 0. The first kappa shape index (κ1) is 7.46. The minimum Gasteiger partial charge on any atom is -0.275 e. The summed E-state index contributed by atoms with van der Waals surface area (Å²) in [7, 11) is 1.66. The molecule has 0 unspecified atom stereocenters. The number of nitrogens with zero attached hydrogens (tertiary/aromatic N) is 3. The number of aliphatic imine (C=N–C) groups is 1. The van der Waals surface area contributed by atoms with Crippen LogP contribution in [0.15, 0.2) is 22.4 Å². The van der Waals surface area contributed by atoms with Gasteiger partial charge in [0.1, 0.15) is 5.69 Å². The molecule has 0 aliphatic rings. The number of H-pyrrole nitrogens is 1. The Labute approximate surface area is 64.2 Å². The van der Waals surface area contributed by atoms with Crippen molar-refractivity contribution >= 4 is 12.6 Å². The van der Waals surface area contributed by atoms with E-state index in [1.165, 1.54) is 0 Å². The van der Waals surface area contributed by atoms with Gasteiger partial charge in [-0.1, -0.05) is 0 Å². The van der Waals surface area contributed by atoms with E-state index in [1.807, 2.05) is 0 Å². The predicted octanol–water partition coefficient (Wildman–Crippen LogP) is -0.00870. The summed E-state index contributed by atoms with van der Waals surface area (Å²) in [5.41, 5.74) is 3.42. The lowest BCUT2D eigenvalue weighted by Gasteiger charge is -1.98. The molecule has 0 amide bonds. The van der Waals surface area contributed by atoms with Crippen LogP contribution < -0.4 is 5.43 Å². The lowest BCUT2D eigenvalue weighted by molar-refractivity contribution is 1.000. The molecule has 0 atom stereocenters. The fraction of sp³-hybridized carbons (Fsp3) is 0.167. The minimum absolute atomic E-state index is 0.623. The molecule has 0 radical (unpaired) electrons. The summed E-state index contributed by atoms with van der Waals surface area (Å²) in [5.74, 6) is 0.623. The van der Waals surface area contributed by atoms with Gasteiger partial charge >= 0.3 is 0 Å². The van der Waals surface area contributed by atoms with E-state index in [4.69, 9.17) is 0 Å². The highest BCUT2D eigenvalue weighted by Crippen LogP contribution is 1.91. The molecule has 5 heteroatoms. The van der Waals surface area contributed by atoms with Crippen molar-refractivity contribution in [3.63, 3.8) is 0 Å². The molecular formula is C6H9N5. The van der Waals surface area contributed by atoms with E-state index >= 15 is 0 Å². The third-order valence-corrected chi connectivity index (χ3v) is 1.16. The van der Waals surface area contributed by atoms with Crippen molar-refractivity contribution < 1.29 is 0 Å². The summed E-state index contributed by atoms with van der Waals surface area (Å²) in [5, 5.41) is 9.99. The van der Waals surface area contributed by atoms with Crippen LogP contribution >= 0.6 is 0 Å². The Morgan fingerprint density at radius 2 is 2.64 bits per heavy atom. The highest BCUT2D eigenvalue weighted by atomic mass is 15.3. The predicted molar refractivity (Wildman–Crippen MR) is 43.7 cm³/mol. The second-order valence-electron chi connectivity index (χ2n) is 1.81. The lowest BCUT2D eigenvalue weighted by atomic mass is 10.4. The van der Waals surface area contributed by atoms with Gasteiger partial charge in [-0.05, 0) is 6.07 Å².